The van der Waals surface area contributed by atoms with Gasteiger partial charge in [0.05, 0.1) is 20.5 Å². The van der Waals surface area contributed by atoms with E-state index in [9.17, 15) is 4.79 Å². The molecule has 0 fully saturated rings. The number of carbonyl (C=O) groups is 1. The third-order valence-corrected chi connectivity index (χ3v) is 4.42. The van der Waals surface area contributed by atoms with Gasteiger partial charge in [-0.25, -0.2) is 0 Å². The second-order valence-corrected chi connectivity index (χ2v) is 5.96. The molecule has 23 heavy (non-hydrogen) atoms. The normalized spacial score (nSPS) is 10.5. The lowest BCUT2D eigenvalue weighted by atomic mass is 10.1. The molecule has 0 radical (unpaired) electrons. The van der Waals surface area contributed by atoms with Gasteiger partial charge in [-0.05, 0) is 36.9 Å². The summed E-state index contributed by atoms with van der Waals surface area (Å²) in [5.41, 5.74) is 1.83. The zero-order valence-electron chi connectivity index (χ0n) is 14.0. The maximum atomic E-state index is 12.5. The van der Waals surface area contributed by atoms with E-state index in [1.807, 2.05) is 25.3 Å². The quantitative estimate of drug-likeness (QED) is 0.755. The fourth-order valence-corrected chi connectivity index (χ4v) is 2.92. The molecule has 0 saturated heterocycles. The fourth-order valence-electron chi connectivity index (χ4n) is 2.31. The Kier molecular flexibility index (Phi) is 5.60. The second kappa shape index (κ2) is 7.46. The van der Waals surface area contributed by atoms with Crippen LogP contribution in [0.15, 0.2) is 33.8 Å². The number of aryl methyl sites for hydroxylation is 1. The number of rotatable bonds is 6. The van der Waals surface area contributed by atoms with E-state index in [-0.39, 0.29) is 5.91 Å². The number of benzene rings is 1. The average Bonchev–Trinajstić information content (AvgIpc) is 2.99. The minimum Gasteiger partial charge on any atom is -0.493 e. The Hall–Kier alpha value is -2.08. The molecule has 0 spiro atoms. The van der Waals surface area contributed by atoms with Gasteiger partial charge in [0.2, 0.25) is 0 Å². The lowest BCUT2D eigenvalue weighted by molar-refractivity contribution is 0.0751. The zero-order chi connectivity index (χ0) is 17.0. The highest BCUT2D eigenvalue weighted by Crippen LogP contribution is 2.35. The largest absolute Gasteiger partial charge is 0.493 e. The van der Waals surface area contributed by atoms with Gasteiger partial charge >= 0.3 is 0 Å². The number of ether oxygens (including phenoxy) is 2. The van der Waals surface area contributed by atoms with E-state index < -0.39 is 0 Å². The summed E-state index contributed by atoms with van der Waals surface area (Å²) >= 11 is 1.60. The summed E-state index contributed by atoms with van der Waals surface area (Å²) in [5, 5.41) is 0. The Balaban J connectivity index is 2.28. The first-order chi connectivity index (χ1) is 11.0. The van der Waals surface area contributed by atoms with Gasteiger partial charge in [-0.15, -0.1) is 11.8 Å². The first-order valence-corrected chi connectivity index (χ1v) is 8.32. The molecular formula is C17H21NO4S. The zero-order valence-corrected chi connectivity index (χ0v) is 14.8. The van der Waals surface area contributed by atoms with Crippen LogP contribution in [0.25, 0.3) is 0 Å². The Morgan fingerprint density at radius 2 is 1.91 bits per heavy atom. The number of amides is 1. The van der Waals surface area contributed by atoms with Crippen molar-refractivity contribution in [3.63, 3.8) is 0 Å². The summed E-state index contributed by atoms with van der Waals surface area (Å²) in [6, 6.07) is 5.61. The Morgan fingerprint density at radius 1 is 1.26 bits per heavy atom. The first-order valence-electron chi connectivity index (χ1n) is 7.10. The molecule has 1 heterocycles. The third-order valence-electron chi connectivity index (χ3n) is 3.60. The molecule has 0 saturated carbocycles. The molecule has 1 amide bonds. The maximum absolute atomic E-state index is 12.5. The fraction of sp³-hybridized carbons (Fsp3) is 0.353. The summed E-state index contributed by atoms with van der Waals surface area (Å²) in [7, 11) is 4.96. The van der Waals surface area contributed by atoms with Crippen LogP contribution in [0.2, 0.25) is 0 Å². The molecule has 0 N–H and O–H groups in total. The SMILES string of the molecule is COc1cc(CN(C)C(=O)c2occc2C)c(SC)cc1OC. The molecular weight excluding hydrogens is 314 g/mol. The van der Waals surface area contributed by atoms with Gasteiger partial charge in [-0.2, -0.15) is 0 Å². The minimum absolute atomic E-state index is 0.144. The molecule has 0 aliphatic rings. The third kappa shape index (κ3) is 3.64. The molecule has 5 nitrogen and oxygen atoms in total. The summed E-state index contributed by atoms with van der Waals surface area (Å²) < 4.78 is 16.0. The number of nitrogens with zero attached hydrogens (tertiary/aromatic N) is 1. The van der Waals surface area contributed by atoms with Crippen LogP contribution in [-0.2, 0) is 6.54 Å². The van der Waals surface area contributed by atoms with Gasteiger partial charge in [0.15, 0.2) is 17.3 Å². The molecule has 1 aromatic carbocycles. The Morgan fingerprint density at radius 3 is 2.43 bits per heavy atom. The maximum Gasteiger partial charge on any atom is 0.289 e. The van der Waals surface area contributed by atoms with Crippen molar-refractivity contribution in [2.24, 2.45) is 0 Å². The summed E-state index contributed by atoms with van der Waals surface area (Å²) in [4.78, 5) is 15.1. The van der Waals surface area contributed by atoms with Gasteiger partial charge in [-0.1, -0.05) is 0 Å². The van der Waals surface area contributed by atoms with Crippen molar-refractivity contribution in [3.05, 3.63) is 41.3 Å². The monoisotopic (exact) mass is 335 g/mol. The van der Waals surface area contributed by atoms with E-state index in [1.54, 1.807) is 44.0 Å². The molecule has 2 rings (SSSR count). The van der Waals surface area contributed by atoms with Crippen LogP contribution in [-0.4, -0.2) is 38.3 Å². The van der Waals surface area contributed by atoms with Crippen molar-refractivity contribution in [1.29, 1.82) is 0 Å². The van der Waals surface area contributed by atoms with Gasteiger partial charge in [0.25, 0.3) is 5.91 Å². The number of carbonyl (C=O) groups excluding carboxylic acids is 1. The van der Waals surface area contributed by atoms with Crippen LogP contribution in [0.1, 0.15) is 21.7 Å². The van der Waals surface area contributed by atoms with Gasteiger partial charge in [0.1, 0.15) is 0 Å². The van der Waals surface area contributed by atoms with Crippen molar-refractivity contribution in [1.82, 2.24) is 4.90 Å². The van der Waals surface area contributed by atoms with Gasteiger partial charge < -0.3 is 18.8 Å². The van der Waals surface area contributed by atoms with E-state index in [0.717, 1.165) is 16.0 Å². The van der Waals surface area contributed by atoms with E-state index >= 15 is 0 Å². The number of furan rings is 1. The second-order valence-electron chi connectivity index (χ2n) is 5.11. The van der Waals surface area contributed by atoms with E-state index in [2.05, 4.69) is 0 Å². The molecule has 0 aliphatic carbocycles. The highest BCUT2D eigenvalue weighted by atomic mass is 32.2. The highest BCUT2D eigenvalue weighted by Gasteiger charge is 2.19. The topological polar surface area (TPSA) is 51.9 Å². The number of hydrogen-bond acceptors (Lipinski definition) is 5. The van der Waals surface area contributed by atoms with Crippen molar-refractivity contribution < 1.29 is 18.7 Å². The van der Waals surface area contributed by atoms with Crippen LogP contribution >= 0.6 is 11.8 Å². The molecule has 1 aromatic heterocycles. The molecule has 0 unspecified atom stereocenters. The van der Waals surface area contributed by atoms with E-state index in [1.165, 1.54) is 6.26 Å². The van der Waals surface area contributed by atoms with Crippen LogP contribution in [0, 0.1) is 6.92 Å². The van der Waals surface area contributed by atoms with Crippen LogP contribution in [0.5, 0.6) is 11.5 Å². The molecule has 6 heteroatoms. The van der Waals surface area contributed by atoms with Gasteiger partial charge in [-0.3, -0.25) is 4.79 Å². The van der Waals surface area contributed by atoms with Crippen molar-refractivity contribution >= 4 is 17.7 Å². The molecule has 0 atom stereocenters. The number of hydrogen-bond donors (Lipinski definition) is 0. The highest BCUT2D eigenvalue weighted by molar-refractivity contribution is 7.98. The molecule has 0 bridgehead atoms. The molecule has 124 valence electrons. The van der Waals surface area contributed by atoms with Crippen LogP contribution in [0.4, 0.5) is 0 Å². The number of methoxy groups -OCH3 is 2. The average molecular weight is 335 g/mol. The van der Waals surface area contributed by atoms with E-state index in [4.69, 9.17) is 13.9 Å². The van der Waals surface area contributed by atoms with Crippen LogP contribution < -0.4 is 9.47 Å². The summed E-state index contributed by atoms with van der Waals surface area (Å²) in [6.45, 7) is 2.31. The Labute approximate surface area is 140 Å². The molecule has 2 aromatic rings. The lowest BCUT2D eigenvalue weighted by Crippen LogP contribution is -2.26. The Bertz CT molecular complexity index is 696. The molecule has 0 aliphatic heterocycles. The first kappa shape index (κ1) is 17.3. The summed E-state index contributed by atoms with van der Waals surface area (Å²) in [5.74, 6) is 1.56. The van der Waals surface area contributed by atoms with Crippen molar-refractivity contribution in [2.45, 2.75) is 18.4 Å². The van der Waals surface area contributed by atoms with Crippen LogP contribution in [0.3, 0.4) is 0 Å². The number of thioether (sulfide) groups is 1. The minimum atomic E-state index is -0.144. The van der Waals surface area contributed by atoms with Gasteiger partial charge in [0, 0.05) is 24.1 Å². The smallest absolute Gasteiger partial charge is 0.289 e. The predicted octanol–water partition coefficient (Wildman–Crippen LogP) is 3.60. The van der Waals surface area contributed by atoms with E-state index in [0.29, 0.717) is 23.8 Å². The van der Waals surface area contributed by atoms with Crippen molar-refractivity contribution in [2.75, 3.05) is 27.5 Å². The van der Waals surface area contributed by atoms with Crippen molar-refractivity contribution in [3.8, 4) is 11.5 Å². The lowest BCUT2D eigenvalue weighted by Gasteiger charge is -2.20. The predicted molar refractivity (Wildman–Crippen MR) is 90.6 cm³/mol. The standard InChI is InChI=1S/C17H21NO4S/c1-11-6-7-22-16(11)17(19)18(2)10-12-8-13(20-3)14(21-4)9-15(12)23-5/h6-9H,10H2,1-5H3. The summed E-state index contributed by atoms with van der Waals surface area (Å²) in [6.07, 6.45) is 3.52.